The van der Waals surface area contributed by atoms with E-state index in [1.54, 1.807) is 0 Å². The third-order valence-corrected chi connectivity index (χ3v) is 9.11. The number of nitrogens with zero attached hydrogens (tertiary/aromatic N) is 2. The number of benzene rings is 2. The molecule has 0 radical (unpaired) electrons. The molecule has 0 fully saturated rings. The molecule has 2 aromatic heterocycles. The smallest absolute Gasteiger partial charge is 0.381 e. The maximum atomic E-state index is 13.6. The van der Waals surface area contributed by atoms with E-state index in [9.17, 15) is 54.1 Å². The quantitative estimate of drug-likeness (QED) is 0.141. The number of aryl methyl sites for hydroxylation is 2. The molecule has 0 bridgehead atoms. The summed E-state index contributed by atoms with van der Waals surface area (Å²) in [6.45, 7) is 7.16. The van der Waals surface area contributed by atoms with Crippen LogP contribution in [0.1, 0.15) is 65.2 Å². The lowest BCUT2D eigenvalue weighted by Gasteiger charge is -2.20. The van der Waals surface area contributed by atoms with Crippen molar-refractivity contribution in [1.29, 1.82) is 0 Å². The molecule has 2 unspecified atom stereocenters. The summed E-state index contributed by atoms with van der Waals surface area (Å²) in [6.07, 6.45) is -13.2. The lowest BCUT2D eigenvalue weighted by atomic mass is 10.1. The number of aromatic nitrogens is 2. The van der Waals surface area contributed by atoms with Crippen molar-refractivity contribution < 1.29 is 54.1 Å². The monoisotopic (exact) mass is 716 g/mol. The van der Waals surface area contributed by atoms with Gasteiger partial charge in [-0.25, -0.2) is 18.7 Å². The topological polar surface area (TPSA) is 66.2 Å². The van der Waals surface area contributed by atoms with E-state index in [4.69, 9.17) is 0 Å². The van der Waals surface area contributed by atoms with E-state index < -0.39 is 54.0 Å². The SMILES string of the molecule is C.C=CC(F)(F)C(O)c1sc(-c2ccc(C(F)(F)F)cc2)nc1C.CCC(F)(F)C(O)c1sc(-c2ccc(C(F)(F)F)cc2)nc1C. The molecular weight excluding hydrogens is 686 g/mol. The van der Waals surface area contributed by atoms with Crippen molar-refractivity contribution in [2.75, 3.05) is 0 Å². The first-order valence-electron chi connectivity index (χ1n) is 13.2. The summed E-state index contributed by atoms with van der Waals surface area (Å²) in [7, 11) is 0. The van der Waals surface area contributed by atoms with Gasteiger partial charge in [-0.05, 0) is 44.2 Å². The van der Waals surface area contributed by atoms with Crippen LogP contribution in [0.2, 0.25) is 0 Å². The van der Waals surface area contributed by atoms with E-state index >= 15 is 0 Å². The molecule has 0 spiro atoms. The first-order chi connectivity index (χ1) is 21.1. The summed E-state index contributed by atoms with van der Waals surface area (Å²) in [5.41, 5.74) is -0.444. The van der Waals surface area contributed by atoms with Crippen LogP contribution in [0.4, 0.5) is 43.9 Å². The third-order valence-electron chi connectivity index (χ3n) is 6.59. The molecule has 258 valence electrons. The Labute approximate surface area is 272 Å². The minimum atomic E-state index is -4.45. The van der Waals surface area contributed by atoms with E-state index in [0.29, 0.717) is 17.2 Å². The molecule has 0 aliphatic heterocycles. The van der Waals surface area contributed by atoms with Gasteiger partial charge in [-0.3, -0.25) is 0 Å². The molecule has 16 heteroatoms. The molecule has 2 heterocycles. The van der Waals surface area contributed by atoms with Crippen LogP contribution in [0.25, 0.3) is 21.1 Å². The Balaban J connectivity index is 0.000000320. The van der Waals surface area contributed by atoms with Crippen LogP contribution in [-0.2, 0) is 12.4 Å². The molecule has 0 saturated heterocycles. The van der Waals surface area contributed by atoms with Gasteiger partial charge >= 0.3 is 12.4 Å². The van der Waals surface area contributed by atoms with Crippen LogP contribution >= 0.6 is 22.7 Å². The molecule has 0 aliphatic rings. The largest absolute Gasteiger partial charge is 0.416 e. The first kappa shape index (κ1) is 39.8. The van der Waals surface area contributed by atoms with Gasteiger partial charge in [0.25, 0.3) is 11.8 Å². The second-order valence-corrected chi connectivity index (χ2v) is 11.9. The zero-order valence-corrected chi connectivity index (χ0v) is 25.8. The predicted octanol–water partition coefficient (Wildman–Crippen LogP) is 10.8. The Hall–Kier alpha value is -3.34. The van der Waals surface area contributed by atoms with E-state index in [2.05, 4.69) is 16.5 Å². The number of rotatable bonds is 8. The molecule has 0 aliphatic carbocycles. The normalized spacial score (nSPS) is 13.7. The number of thiazole rings is 2. The highest BCUT2D eigenvalue weighted by atomic mass is 32.1. The Bertz CT molecular complexity index is 1630. The lowest BCUT2D eigenvalue weighted by Crippen LogP contribution is -2.24. The van der Waals surface area contributed by atoms with E-state index in [1.807, 2.05) is 0 Å². The van der Waals surface area contributed by atoms with Crippen LogP contribution in [0.3, 0.4) is 0 Å². The Kier molecular flexibility index (Phi) is 12.6. The summed E-state index contributed by atoms with van der Waals surface area (Å²) in [6, 6.07) is 8.48. The molecule has 0 saturated carbocycles. The minimum absolute atomic E-state index is 0. The molecule has 4 rings (SSSR count). The zero-order valence-electron chi connectivity index (χ0n) is 24.2. The van der Waals surface area contributed by atoms with Crippen LogP contribution < -0.4 is 0 Å². The van der Waals surface area contributed by atoms with Gasteiger partial charge in [-0.15, -0.1) is 22.7 Å². The fraction of sp³-hybridized carbons (Fsp3) is 0.355. The highest BCUT2D eigenvalue weighted by Crippen LogP contribution is 2.42. The molecule has 2 N–H and O–H groups in total. The van der Waals surface area contributed by atoms with Crippen molar-refractivity contribution in [2.45, 2.75) is 71.0 Å². The second-order valence-electron chi connectivity index (χ2n) is 9.89. The highest BCUT2D eigenvalue weighted by Gasteiger charge is 2.40. The number of hydrogen-bond acceptors (Lipinski definition) is 6. The number of hydrogen-bond donors (Lipinski definition) is 2. The maximum Gasteiger partial charge on any atom is 0.416 e. The van der Waals surface area contributed by atoms with Crippen LogP contribution in [-0.4, -0.2) is 32.0 Å². The molecule has 47 heavy (non-hydrogen) atoms. The lowest BCUT2D eigenvalue weighted by molar-refractivity contribution is -0.138. The Morgan fingerprint density at radius 1 is 0.681 bits per heavy atom. The molecule has 4 nitrogen and oxygen atoms in total. The van der Waals surface area contributed by atoms with Gasteiger partial charge < -0.3 is 10.2 Å². The number of alkyl halides is 10. The minimum Gasteiger partial charge on any atom is -0.381 e. The van der Waals surface area contributed by atoms with Crippen LogP contribution in [0, 0.1) is 13.8 Å². The summed E-state index contributed by atoms with van der Waals surface area (Å²) in [5.74, 6) is -6.80. The van der Waals surface area contributed by atoms with Crippen molar-refractivity contribution in [3.63, 3.8) is 0 Å². The second kappa shape index (κ2) is 14.8. The van der Waals surface area contributed by atoms with Crippen molar-refractivity contribution in [3.8, 4) is 21.1 Å². The molecule has 0 amide bonds. The van der Waals surface area contributed by atoms with E-state index in [0.717, 1.165) is 46.9 Å². The maximum absolute atomic E-state index is 13.6. The fourth-order valence-electron chi connectivity index (χ4n) is 3.85. The average molecular weight is 717 g/mol. The zero-order chi connectivity index (χ0) is 34.8. The summed E-state index contributed by atoms with van der Waals surface area (Å²) in [5, 5.41) is 20.1. The molecule has 2 atom stereocenters. The number of halogens is 10. The summed E-state index contributed by atoms with van der Waals surface area (Å²) >= 11 is 1.66. The van der Waals surface area contributed by atoms with Gasteiger partial charge in [0.15, 0.2) is 12.2 Å². The Morgan fingerprint density at radius 3 is 1.32 bits per heavy atom. The average Bonchev–Trinajstić information content (AvgIpc) is 3.58. The van der Waals surface area contributed by atoms with Crippen molar-refractivity contribution in [1.82, 2.24) is 9.97 Å². The number of aliphatic hydroxyl groups excluding tert-OH is 2. The number of aliphatic hydroxyl groups is 2. The van der Waals surface area contributed by atoms with Gasteiger partial charge in [0.05, 0.1) is 32.3 Å². The third kappa shape index (κ3) is 9.39. The molecular formula is C31H30F10N2O2S2. The fourth-order valence-corrected chi connectivity index (χ4v) is 6.08. The summed E-state index contributed by atoms with van der Waals surface area (Å²) < 4.78 is 129. The highest BCUT2D eigenvalue weighted by molar-refractivity contribution is 7.15. The summed E-state index contributed by atoms with van der Waals surface area (Å²) in [4.78, 5) is 8.11. The standard InChI is InChI=1S/C15H14F5NOS.C15H12F5NOS.CH4/c2*1-3-14(16,17)12(22)11-8(2)21-13(23-11)9-4-6-10(7-5-9)15(18,19)20;/h4-7,12,22H,3H2,1-2H3;3-7,12,22H,1H2,2H3;1H4. The van der Waals surface area contributed by atoms with E-state index in [1.165, 1.54) is 45.0 Å². The van der Waals surface area contributed by atoms with Crippen molar-refractivity contribution >= 4 is 22.7 Å². The van der Waals surface area contributed by atoms with Crippen LogP contribution in [0.5, 0.6) is 0 Å². The van der Waals surface area contributed by atoms with Gasteiger partial charge in [0.1, 0.15) is 10.0 Å². The molecule has 2 aromatic carbocycles. The van der Waals surface area contributed by atoms with Crippen LogP contribution in [0.15, 0.2) is 61.2 Å². The molecule has 4 aromatic rings. The van der Waals surface area contributed by atoms with Gasteiger partial charge in [-0.2, -0.15) is 35.1 Å². The van der Waals surface area contributed by atoms with Gasteiger partial charge in [0, 0.05) is 17.5 Å². The van der Waals surface area contributed by atoms with Crippen molar-refractivity contribution in [2.24, 2.45) is 0 Å². The van der Waals surface area contributed by atoms with Gasteiger partial charge in [0.2, 0.25) is 0 Å². The first-order valence-corrected chi connectivity index (χ1v) is 14.8. The van der Waals surface area contributed by atoms with Crippen molar-refractivity contribution in [3.05, 3.63) is 93.5 Å². The predicted molar refractivity (Wildman–Crippen MR) is 162 cm³/mol. The van der Waals surface area contributed by atoms with E-state index in [-0.39, 0.29) is 38.6 Å². The Morgan fingerprint density at radius 2 is 1.02 bits per heavy atom. The van der Waals surface area contributed by atoms with Gasteiger partial charge in [-0.1, -0.05) is 45.2 Å².